The van der Waals surface area contributed by atoms with Crippen molar-refractivity contribution in [2.75, 3.05) is 19.6 Å². The maximum atomic E-state index is 12.8. The van der Waals surface area contributed by atoms with Crippen LogP contribution < -0.4 is 5.73 Å². The molecule has 2 aliphatic rings. The van der Waals surface area contributed by atoms with Gasteiger partial charge in [-0.25, -0.2) is 0 Å². The topological polar surface area (TPSA) is 83.7 Å². The number of amides is 3. The highest BCUT2D eigenvalue weighted by molar-refractivity contribution is 5.93. The minimum absolute atomic E-state index is 0.0195. The van der Waals surface area contributed by atoms with Gasteiger partial charge in [0.15, 0.2) is 0 Å². The molecule has 0 aromatic heterocycles. The van der Waals surface area contributed by atoms with Crippen LogP contribution >= 0.6 is 0 Å². The lowest BCUT2D eigenvalue weighted by Crippen LogP contribution is -2.50. The number of rotatable bonds is 4. The van der Waals surface area contributed by atoms with Crippen molar-refractivity contribution in [3.05, 3.63) is 12.7 Å². The summed E-state index contributed by atoms with van der Waals surface area (Å²) in [7, 11) is 0. The Hall–Kier alpha value is -1.85. The fourth-order valence-electron chi connectivity index (χ4n) is 3.52. The minimum atomic E-state index is -0.568. The largest absolute Gasteiger partial charge is 0.368 e. The van der Waals surface area contributed by atoms with Gasteiger partial charge in [0.1, 0.15) is 6.04 Å². The van der Waals surface area contributed by atoms with E-state index in [1.807, 2.05) is 13.8 Å². The molecule has 0 aromatic carbocycles. The van der Waals surface area contributed by atoms with Gasteiger partial charge in [0.05, 0.1) is 5.41 Å². The van der Waals surface area contributed by atoms with E-state index in [9.17, 15) is 14.4 Å². The fourth-order valence-corrected chi connectivity index (χ4v) is 3.52. The first-order valence-corrected chi connectivity index (χ1v) is 7.34. The second-order valence-corrected chi connectivity index (χ2v) is 6.33. The Labute approximate surface area is 124 Å². The van der Waals surface area contributed by atoms with Crippen LogP contribution in [0.1, 0.15) is 26.7 Å². The van der Waals surface area contributed by atoms with E-state index in [4.69, 9.17) is 5.73 Å². The molecule has 2 N–H and O–H groups in total. The van der Waals surface area contributed by atoms with Crippen LogP contribution in [0.3, 0.4) is 0 Å². The normalized spacial score (nSPS) is 26.7. The molecule has 2 heterocycles. The van der Waals surface area contributed by atoms with Gasteiger partial charge in [-0.3, -0.25) is 14.4 Å². The first-order chi connectivity index (χ1) is 9.82. The Balaban J connectivity index is 2.17. The third kappa shape index (κ3) is 2.54. The Bertz CT molecular complexity index is 489. The molecule has 3 amide bonds. The van der Waals surface area contributed by atoms with E-state index in [1.54, 1.807) is 9.80 Å². The molecule has 0 radical (unpaired) electrons. The van der Waals surface area contributed by atoms with Gasteiger partial charge in [-0.15, -0.1) is 0 Å². The maximum absolute atomic E-state index is 12.8. The van der Waals surface area contributed by atoms with Gasteiger partial charge in [-0.05, 0) is 24.8 Å². The molecular weight excluding hydrogens is 270 g/mol. The van der Waals surface area contributed by atoms with E-state index >= 15 is 0 Å². The van der Waals surface area contributed by atoms with Crippen LogP contribution in [-0.4, -0.2) is 53.2 Å². The van der Waals surface area contributed by atoms with Crippen LogP contribution in [0.5, 0.6) is 0 Å². The van der Waals surface area contributed by atoms with Crippen LogP contribution in [0.25, 0.3) is 0 Å². The summed E-state index contributed by atoms with van der Waals surface area (Å²) in [6.07, 6.45) is 2.59. The molecule has 2 saturated heterocycles. The van der Waals surface area contributed by atoms with Crippen LogP contribution in [0, 0.1) is 11.3 Å². The maximum Gasteiger partial charge on any atom is 0.245 e. The molecule has 6 nitrogen and oxygen atoms in total. The monoisotopic (exact) mass is 293 g/mol. The van der Waals surface area contributed by atoms with Crippen molar-refractivity contribution < 1.29 is 14.4 Å². The summed E-state index contributed by atoms with van der Waals surface area (Å²) in [5, 5.41) is 0. The van der Waals surface area contributed by atoms with Crippen LogP contribution in [0.2, 0.25) is 0 Å². The first-order valence-electron chi connectivity index (χ1n) is 7.34. The Morgan fingerprint density at radius 1 is 1.33 bits per heavy atom. The lowest BCUT2D eigenvalue weighted by Gasteiger charge is -2.30. The summed E-state index contributed by atoms with van der Waals surface area (Å²) in [6.45, 7) is 8.76. The number of hydrogen-bond acceptors (Lipinski definition) is 3. The average molecular weight is 293 g/mol. The third-order valence-corrected chi connectivity index (χ3v) is 4.64. The zero-order valence-corrected chi connectivity index (χ0v) is 12.7. The van der Waals surface area contributed by atoms with E-state index in [0.717, 1.165) is 0 Å². The third-order valence-electron chi connectivity index (χ3n) is 4.64. The SMILES string of the molecule is C=CC(=O)N1CC[C@@]2(CCN([C@H](C(N)=O)C(C)C)C2=O)C1. The zero-order valence-electron chi connectivity index (χ0n) is 12.7. The summed E-state index contributed by atoms with van der Waals surface area (Å²) in [4.78, 5) is 39.4. The lowest BCUT2D eigenvalue weighted by molar-refractivity contribution is -0.143. The molecule has 2 fully saturated rings. The molecule has 6 heteroatoms. The van der Waals surface area contributed by atoms with Crippen molar-refractivity contribution in [1.82, 2.24) is 9.80 Å². The highest BCUT2D eigenvalue weighted by atomic mass is 16.2. The highest BCUT2D eigenvalue weighted by Crippen LogP contribution is 2.42. The van der Waals surface area contributed by atoms with Crippen LogP contribution in [-0.2, 0) is 14.4 Å². The van der Waals surface area contributed by atoms with E-state index in [0.29, 0.717) is 32.5 Å². The fraction of sp³-hybridized carbons (Fsp3) is 0.667. The molecule has 21 heavy (non-hydrogen) atoms. The van der Waals surface area contributed by atoms with Crippen LogP contribution in [0.4, 0.5) is 0 Å². The van der Waals surface area contributed by atoms with E-state index < -0.39 is 17.4 Å². The standard InChI is InChI=1S/C15H23N3O3/c1-4-11(19)17-7-5-15(9-17)6-8-18(14(15)21)12(10(2)3)13(16)20/h4,10,12H,1,5-9H2,2-3H3,(H2,16,20)/t12-,15+/m0/s1. The quantitative estimate of drug-likeness (QED) is 0.748. The summed E-state index contributed by atoms with van der Waals surface area (Å²) in [6, 6.07) is -0.568. The van der Waals surface area contributed by atoms with Gasteiger partial charge >= 0.3 is 0 Å². The molecular formula is C15H23N3O3. The molecule has 1 spiro atoms. The minimum Gasteiger partial charge on any atom is -0.368 e. The second-order valence-electron chi connectivity index (χ2n) is 6.33. The Kier molecular flexibility index (Phi) is 4.07. The highest BCUT2D eigenvalue weighted by Gasteiger charge is 2.53. The predicted molar refractivity (Wildman–Crippen MR) is 78.0 cm³/mol. The Morgan fingerprint density at radius 2 is 1.95 bits per heavy atom. The number of carbonyl (C=O) groups excluding carboxylic acids is 3. The van der Waals surface area contributed by atoms with Gasteiger partial charge in [0.25, 0.3) is 0 Å². The van der Waals surface area contributed by atoms with Gasteiger partial charge in [-0.2, -0.15) is 0 Å². The number of hydrogen-bond donors (Lipinski definition) is 1. The molecule has 0 saturated carbocycles. The molecule has 0 unspecified atom stereocenters. The van der Waals surface area contributed by atoms with E-state index in [-0.39, 0.29) is 17.7 Å². The molecule has 116 valence electrons. The summed E-state index contributed by atoms with van der Waals surface area (Å²) in [5.74, 6) is -0.672. The van der Waals surface area contributed by atoms with Crippen molar-refractivity contribution in [2.24, 2.45) is 17.1 Å². The molecule has 2 rings (SSSR count). The Morgan fingerprint density at radius 3 is 2.48 bits per heavy atom. The number of primary amides is 1. The number of nitrogens with two attached hydrogens (primary N) is 1. The van der Waals surface area contributed by atoms with Crippen molar-refractivity contribution >= 4 is 17.7 Å². The second kappa shape index (κ2) is 5.50. The number of nitrogens with zero attached hydrogens (tertiary/aromatic N) is 2. The van der Waals surface area contributed by atoms with Crippen LogP contribution in [0.15, 0.2) is 12.7 Å². The van der Waals surface area contributed by atoms with Gasteiger partial charge < -0.3 is 15.5 Å². The van der Waals surface area contributed by atoms with Crippen molar-refractivity contribution in [2.45, 2.75) is 32.7 Å². The van der Waals surface area contributed by atoms with Crippen molar-refractivity contribution in [3.8, 4) is 0 Å². The van der Waals surface area contributed by atoms with E-state index in [2.05, 4.69) is 6.58 Å². The summed E-state index contributed by atoms with van der Waals surface area (Å²) < 4.78 is 0. The van der Waals surface area contributed by atoms with E-state index in [1.165, 1.54) is 6.08 Å². The summed E-state index contributed by atoms with van der Waals surface area (Å²) >= 11 is 0. The van der Waals surface area contributed by atoms with Gasteiger partial charge in [0, 0.05) is 19.6 Å². The van der Waals surface area contributed by atoms with Crippen molar-refractivity contribution in [1.29, 1.82) is 0 Å². The first kappa shape index (κ1) is 15.5. The lowest BCUT2D eigenvalue weighted by atomic mass is 9.85. The van der Waals surface area contributed by atoms with Gasteiger partial charge in [-0.1, -0.05) is 20.4 Å². The average Bonchev–Trinajstić information content (AvgIpc) is 2.97. The number of carbonyl (C=O) groups is 3. The smallest absolute Gasteiger partial charge is 0.245 e. The molecule has 0 aromatic rings. The predicted octanol–water partition coefficient (Wildman–Crippen LogP) is 0.133. The zero-order chi connectivity index (χ0) is 15.8. The van der Waals surface area contributed by atoms with Gasteiger partial charge in [0.2, 0.25) is 17.7 Å². The molecule has 2 atom stereocenters. The molecule has 0 bridgehead atoms. The van der Waals surface area contributed by atoms with Crippen molar-refractivity contribution in [3.63, 3.8) is 0 Å². The number of likely N-dealkylation sites (tertiary alicyclic amines) is 2. The molecule has 2 aliphatic heterocycles. The summed E-state index contributed by atoms with van der Waals surface area (Å²) in [5.41, 5.74) is 4.91. The molecule has 0 aliphatic carbocycles.